The van der Waals surface area contributed by atoms with Gasteiger partial charge in [0.05, 0.1) is 12.2 Å². The zero-order valence-corrected chi connectivity index (χ0v) is 7.11. The monoisotopic (exact) mass is 169 g/mol. The number of carbonyl (C=O) groups is 1. The van der Waals surface area contributed by atoms with E-state index in [9.17, 15) is 4.79 Å². The lowest BCUT2D eigenvalue weighted by Gasteiger charge is -1.87. The molecule has 12 heavy (non-hydrogen) atoms. The van der Waals surface area contributed by atoms with Gasteiger partial charge in [-0.25, -0.2) is 4.79 Å². The second kappa shape index (κ2) is 3.34. The number of rotatable bonds is 3. The minimum atomic E-state index is -1.01. The highest BCUT2D eigenvalue weighted by atomic mass is 16.4. The van der Waals surface area contributed by atoms with Gasteiger partial charge in [0.1, 0.15) is 0 Å². The fourth-order valence-corrected chi connectivity index (χ4v) is 0.928. The Morgan fingerprint density at radius 1 is 1.50 bits per heavy atom. The summed E-state index contributed by atoms with van der Waals surface area (Å²) in [6.45, 7) is 4.32. The SMILES string of the molecule is CCc1nn(CC)nc1C(=O)O. The van der Waals surface area contributed by atoms with Crippen LogP contribution in [-0.4, -0.2) is 26.1 Å². The van der Waals surface area contributed by atoms with Crippen molar-refractivity contribution in [1.29, 1.82) is 0 Å². The minimum Gasteiger partial charge on any atom is -0.476 e. The molecule has 0 saturated carbocycles. The molecule has 0 aromatic carbocycles. The van der Waals surface area contributed by atoms with Gasteiger partial charge in [0, 0.05) is 0 Å². The number of aromatic nitrogens is 3. The average molecular weight is 169 g/mol. The van der Waals surface area contributed by atoms with Gasteiger partial charge in [0.25, 0.3) is 0 Å². The summed E-state index contributed by atoms with van der Waals surface area (Å²) >= 11 is 0. The molecule has 0 aliphatic carbocycles. The molecular weight excluding hydrogens is 158 g/mol. The van der Waals surface area contributed by atoms with Crippen LogP contribution in [0, 0.1) is 0 Å². The van der Waals surface area contributed by atoms with E-state index in [2.05, 4.69) is 10.2 Å². The van der Waals surface area contributed by atoms with Gasteiger partial charge in [-0.2, -0.15) is 9.90 Å². The largest absolute Gasteiger partial charge is 0.476 e. The zero-order chi connectivity index (χ0) is 9.14. The number of aromatic carboxylic acids is 1. The fraction of sp³-hybridized carbons (Fsp3) is 0.571. The first-order chi connectivity index (χ1) is 5.69. The van der Waals surface area contributed by atoms with Crippen LogP contribution in [0.3, 0.4) is 0 Å². The summed E-state index contributed by atoms with van der Waals surface area (Å²) in [5.41, 5.74) is 0.615. The molecule has 1 aromatic heterocycles. The topological polar surface area (TPSA) is 68.0 Å². The second-order valence-corrected chi connectivity index (χ2v) is 2.34. The molecule has 0 spiro atoms. The molecule has 0 amide bonds. The number of hydrogen-bond donors (Lipinski definition) is 1. The molecule has 0 atom stereocenters. The van der Waals surface area contributed by atoms with Gasteiger partial charge in [-0.1, -0.05) is 6.92 Å². The van der Waals surface area contributed by atoms with Gasteiger partial charge in [0.15, 0.2) is 5.69 Å². The van der Waals surface area contributed by atoms with Crippen molar-refractivity contribution < 1.29 is 9.90 Å². The summed E-state index contributed by atoms with van der Waals surface area (Å²) in [5, 5.41) is 16.5. The first kappa shape index (κ1) is 8.70. The molecule has 1 N–H and O–H groups in total. The maximum absolute atomic E-state index is 10.6. The summed E-state index contributed by atoms with van der Waals surface area (Å²) in [6.07, 6.45) is 0.599. The molecule has 0 fully saturated rings. The van der Waals surface area contributed by atoms with Crippen LogP contribution < -0.4 is 0 Å². The molecule has 1 rings (SSSR count). The highest BCUT2D eigenvalue weighted by Crippen LogP contribution is 2.03. The Kier molecular flexibility index (Phi) is 2.42. The van der Waals surface area contributed by atoms with E-state index in [4.69, 9.17) is 5.11 Å². The first-order valence-electron chi connectivity index (χ1n) is 3.86. The van der Waals surface area contributed by atoms with Crippen LogP contribution in [0.5, 0.6) is 0 Å². The molecule has 0 aliphatic heterocycles. The maximum atomic E-state index is 10.6. The third-order valence-corrected chi connectivity index (χ3v) is 1.55. The number of carboxylic acid groups (broad SMARTS) is 1. The van der Waals surface area contributed by atoms with Crippen molar-refractivity contribution in [3.63, 3.8) is 0 Å². The molecule has 0 unspecified atom stereocenters. The lowest BCUT2D eigenvalue weighted by atomic mass is 10.3. The van der Waals surface area contributed by atoms with Crippen LogP contribution in [0.15, 0.2) is 0 Å². The van der Waals surface area contributed by atoms with Gasteiger partial charge in [-0.3, -0.25) is 0 Å². The van der Waals surface area contributed by atoms with Crippen molar-refractivity contribution in [3.05, 3.63) is 11.4 Å². The van der Waals surface area contributed by atoms with E-state index in [0.29, 0.717) is 18.7 Å². The average Bonchev–Trinajstić information content (AvgIpc) is 2.47. The lowest BCUT2D eigenvalue weighted by molar-refractivity contribution is 0.0688. The van der Waals surface area contributed by atoms with Crippen LogP contribution >= 0.6 is 0 Å². The van der Waals surface area contributed by atoms with Gasteiger partial charge < -0.3 is 5.11 Å². The van der Waals surface area contributed by atoms with E-state index in [0.717, 1.165) is 0 Å². The van der Waals surface area contributed by atoms with Crippen molar-refractivity contribution in [1.82, 2.24) is 15.0 Å². The van der Waals surface area contributed by atoms with Gasteiger partial charge in [0.2, 0.25) is 0 Å². The molecule has 66 valence electrons. The number of carboxylic acids is 1. The molecule has 1 heterocycles. The molecule has 0 bridgehead atoms. The minimum absolute atomic E-state index is 0.0688. The van der Waals surface area contributed by atoms with E-state index in [1.54, 1.807) is 0 Å². The molecule has 1 aromatic rings. The van der Waals surface area contributed by atoms with Gasteiger partial charge in [-0.15, -0.1) is 5.10 Å². The molecule has 0 saturated heterocycles. The molecule has 5 heteroatoms. The Hall–Kier alpha value is -1.39. The Bertz CT molecular complexity index is 293. The maximum Gasteiger partial charge on any atom is 0.358 e. The quantitative estimate of drug-likeness (QED) is 0.717. The van der Waals surface area contributed by atoms with Crippen molar-refractivity contribution in [2.45, 2.75) is 26.8 Å². The van der Waals surface area contributed by atoms with Gasteiger partial charge >= 0.3 is 5.97 Å². The van der Waals surface area contributed by atoms with Crippen LogP contribution in [0.2, 0.25) is 0 Å². The van der Waals surface area contributed by atoms with Crippen LogP contribution in [0.4, 0.5) is 0 Å². The van der Waals surface area contributed by atoms with E-state index >= 15 is 0 Å². The Labute approximate surface area is 70.0 Å². The molecular formula is C7H11N3O2. The summed E-state index contributed by atoms with van der Waals surface area (Å²) in [6, 6.07) is 0. The van der Waals surface area contributed by atoms with E-state index < -0.39 is 5.97 Å². The summed E-state index contributed by atoms with van der Waals surface area (Å²) in [5.74, 6) is -1.01. The van der Waals surface area contributed by atoms with Crippen molar-refractivity contribution in [2.75, 3.05) is 0 Å². The predicted octanol–water partition coefficient (Wildman–Crippen LogP) is 0.559. The van der Waals surface area contributed by atoms with Crippen LogP contribution in [-0.2, 0) is 13.0 Å². The Morgan fingerprint density at radius 2 is 2.17 bits per heavy atom. The van der Waals surface area contributed by atoms with Crippen LogP contribution in [0.25, 0.3) is 0 Å². The van der Waals surface area contributed by atoms with Crippen LogP contribution in [0.1, 0.15) is 30.0 Å². The predicted molar refractivity (Wildman–Crippen MR) is 42.0 cm³/mol. The molecule has 5 nitrogen and oxygen atoms in total. The van der Waals surface area contributed by atoms with Crippen molar-refractivity contribution in [3.8, 4) is 0 Å². The number of nitrogens with zero attached hydrogens (tertiary/aromatic N) is 3. The van der Waals surface area contributed by atoms with E-state index in [1.165, 1.54) is 4.80 Å². The first-order valence-corrected chi connectivity index (χ1v) is 3.86. The van der Waals surface area contributed by atoms with Gasteiger partial charge in [-0.05, 0) is 13.3 Å². The number of hydrogen-bond acceptors (Lipinski definition) is 3. The smallest absolute Gasteiger partial charge is 0.358 e. The third-order valence-electron chi connectivity index (χ3n) is 1.55. The highest BCUT2D eigenvalue weighted by Gasteiger charge is 2.14. The van der Waals surface area contributed by atoms with E-state index in [1.807, 2.05) is 13.8 Å². The Balaban J connectivity index is 3.08. The Morgan fingerprint density at radius 3 is 2.50 bits per heavy atom. The normalized spacial score (nSPS) is 10.2. The highest BCUT2D eigenvalue weighted by molar-refractivity contribution is 5.86. The van der Waals surface area contributed by atoms with Crippen molar-refractivity contribution >= 4 is 5.97 Å². The standard InChI is InChI=1S/C7H11N3O2/c1-3-5-6(7(11)12)9-10(4-2)8-5/h3-4H2,1-2H3,(H,11,12). The number of aryl methyl sites for hydroxylation is 2. The molecule has 0 radical (unpaired) electrons. The lowest BCUT2D eigenvalue weighted by Crippen LogP contribution is -2.02. The third kappa shape index (κ3) is 1.44. The fourth-order valence-electron chi connectivity index (χ4n) is 0.928. The summed E-state index contributed by atoms with van der Waals surface area (Å²) in [7, 11) is 0. The second-order valence-electron chi connectivity index (χ2n) is 2.34. The summed E-state index contributed by atoms with van der Waals surface area (Å²) < 4.78 is 0. The molecule has 0 aliphatic rings. The summed E-state index contributed by atoms with van der Waals surface area (Å²) in [4.78, 5) is 12.0. The van der Waals surface area contributed by atoms with Crippen molar-refractivity contribution in [2.24, 2.45) is 0 Å². The zero-order valence-electron chi connectivity index (χ0n) is 7.11. The van der Waals surface area contributed by atoms with E-state index in [-0.39, 0.29) is 5.69 Å².